The Kier molecular flexibility index (Phi) is 6.09. The Bertz CT molecular complexity index is 1050. The van der Waals surface area contributed by atoms with Gasteiger partial charge in [0.1, 0.15) is 5.76 Å². The summed E-state index contributed by atoms with van der Waals surface area (Å²) in [5, 5.41) is 6.57. The molecule has 30 heavy (non-hydrogen) atoms. The van der Waals surface area contributed by atoms with Crippen molar-refractivity contribution in [3.8, 4) is 10.4 Å². The van der Waals surface area contributed by atoms with Gasteiger partial charge in [0, 0.05) is 40.9 Å². The number of nitrogens with zero attached hydrogens (tertiary/aromatic N) is 2. The van der Waals surface area contributed by atoms with Crippen molar-refractivity contribution in [2.45, 2.75) is 19.8 Å². The van der Waals surface area contributed by atoms with Crippen LogP contribution in [0, 0.1) is 12.8 Å². The minimum absolute atomic E-state index is 0.0179. The summed E-state index contributed by atoms with van der Waals surface area (Å²) in [5.41, 5.74) is 1.18. The predicted molar refractivity (Wildman–Crippen MR) is 118 cm³/mol. The van der Waals surface area contributed by atoms with Crippen LogP contribution < -0.4 is 5.32 Å². The van der Waals surface area contributed by atoms with Crippen molar-refractivity contribution in [1.29, 1.82) is 0 Å². The summed E-state index contributed by atoms with van der Waals surface area (Å²) in [6.45, 7) is 2.91. The predicted octanol–water partition coefficient (Wildman–Crippen LogP) is 4.60. The third-order valence-corrected chi connectivity index (χ3v) is 6.23. The van der Waals surface area contributed by atoms with Crippen LogP contribution in [0.15, 0.2) is 59.1 Å². The maximum absolute atomic E-state index is 12.5. The fourth-order valence-electron chi connectivity index (χ4n) is 3.47. The monoisotopic (exact) mass is 421 g/mol. The number of hydrogen-bond donors (Lipinski definition) is 1. The summed E-state index contributed by atoms with van der Waals surface area (Å²) in [4.78, 5) is 28.9. The summed E-state index contributed by atoms with van der Waals surface area (Å²) in [6.07, 6.45) is 4.77. The van der Waals surface area contributed by atoms with Crippen molar-refractivity contribution >= 4 is 35.0 Å². The number of aromatic nitrogens is 1. The molecule has 0 unspecified atom stereocenters. The average Bonchev–Trinajstić information content (AvgIpc) is 3.41. The van der Waals surface area contributed by atoms with E-state index in [1.54, 1.807) is 35.3 Å². The fourth-order valence-corrected chi connectivity index (χ4v) is 4.39. The first-order valence-electron chi connectivity index (χ1n) is 9.95. The van der Waals surface area contributed by atoms with Gasteiger partial charge in [-0.05, 0) is 43.5 Å². The number of rotatable bonds is 5. The Morgan fingerprint density at radius 3 is 2.63 bits per heavy atom. The van der Waals surface area contributed by atoms with Crippen LogP contribution in [0.5, 0.6) is 0 Å². The van der Waals surface area contributed by atoms with Gasteiger partial charge >= 0.3 is 0 Å². The number of nitrogens with one attached hydrogen (secondary N) is 1. The number of hydrogen-bond acceptors (Lipinski definition) is 5. The lowest BCUT2D eigenvalue weighted by Crippen LogP contribution is -2.40. The molecule has 0 bridgehead atoms. The molecule has 2 amide bonds. The lowest BCUT2D eigenvalue weighted by Gasteiger charge is -2.30. The maximum atomic E-state index is 12.5. The van der Waals surface area contributed by atoms with Gasteiger partial charge in [0.05, 0.1) is 0 Å². The van der Waals surface area contributed by atoms with Gasteiger partial charge in [0.25, 0.3) is 0 Å². The Morgan fingerprint density at radius 1 is 1.17 bits per heavy atom. The average molecular weight is 422 g/mol. The second-order valence-electron chi connectivity index (χ2n) is 7.31. The van der Waals surface area contributed by atoms with Crippen LogP contribution in [-0.2, 0) is 9.59 Å². The molecular weight excluding hydrogens is 398 g/mol. The normalized spacial score (nSPS) is 14.9. The van der Waals surface area contributed by atoms with E-state index >= 15 is 0 Å². The first-order chi connectivity index (χ1) is 14.6. The lowest BCUT2D eigenvalue weighted by atomic mass is 9.96. The second-order valence-corrected chi connectivity index (χ2v) is 8.43. The van der Waals surface area contributed by atoms with Gasteiger partial charge in [-0.25, -0.2) is 0 Å². The summed E-state index contributed by atoms with van der Waals surface area (Å²) >= 11 is 1.66. The third-order valence-electron chi connectivity index (χ3n) is 5.13. The number of anilines is 1. The van der Waals surface area contributed by atoms with Gasteiger partial charge in [-0.15, -0.1) is 11.3 Å². The van der Waals surface area contributed by atoms with E-state index in [1.807, 2.05) is 30.3 Å². The van der Waals surface area contributed by atoms with Crippen molar-refractivity contribution in [2.24, 2.45) is 5.92 Å². The molecule has 0 radical (unpaired) electrons. The van der Waals surface area contributed by atoms with Crippen LogP contribution in [0.2, 0.25) is 0 Å². The highest BCUT2D eigenvalue weighted by Gasteiger charge is 2.27. The van der Waals surface area contributed by atoms with E-state index in [4.69, 9.17) is 4.52 Å². The van der Waals surface area contributed by atoms with E-state index in [1.165, 1.54) is 10.4 Å². The van der Waals surface area contributed by atoms with Crippen LogP contribution in [0.4, 0.5) is 5.82 Å². The molecule has 3 aromatic rings. The molecule has 1 fully saturated rings. The van der Waals surface area contributed by atoms with Gasteiger partial charge in [-0.2, -0.15) is 0 Å². The highest BCUT2D eigenvalue weighted by molar-refractivity contribution is 7.16. The lowest BCUT2D eigenvalue weighted by molar-refractivity contribution is -0.130. The van der Waals surface area contributed by atoms with Crippen LogP contribution in [-0.4, -0.2) is 35.0 Å². The van der Waals surface area contributed by atoms with Crippen LogP contribution >= 0.6 is 11.3 Å². The second kappa shape index (κ2) is 9.09. The molecule has 1 aliphatic heterocycles. The molecule has 1 aromatic carbocycles. The highest BCUT2D eigenvalue weighted by Crippen LogP contribution is 2.28. The van der Waals surface area contributed by atoms with Gasteiger partial charge < -0.3 is 14.7 Å². The first-order valence-corrected chi connectivity index (χ1v) is 10.8. The zero-order chi connectivity index (χ0) is 20.9. The minimum Gasteiger partial charge on any atom is -0.360 e. The summed E-state index contributed by atoms with van der Waals surface area (Å²) in [5.74, 6) is 0.873. The van der Waals surface area contributed by atoms with E-state index in [0.717, 1.165) is 4.88 Å². The van der Waals surface area contributed by atoms with Crippen molar-refractivity contribution in [2.75, 3.05) is 18.4 Å². The highest BCUT2D eigenvalue weighted by atomic mass is 32.1. The summed E-state index contributed by atoms with van der Waals surface area (Å²) in [6, 6.07) is 16.0. The SMILES string of the molecule is Cc1cc(NC(=O)C2CCN(C(=O)/C=C/c3ccc(-c4ccccc4)s3)CC2)no1. The van der Waals surface area contributed by atoms with Crippen molar-refractivity contribution in [3.05, 3.63) is 65.2 Å². The number of aryl methyl sites for hydroxylation is 1. The molecule has 3 heterocycles. The Labute approximate surface area is 179 Å². The molecular formula is C23H23N3O3S. The molecule has 1 aliphatic rings. The molecule has 154 valence electrons. The number of likely N-dealkylation sites (tertiary alicyclic amines) is 1. The molecule has 0 atom stereocenters. The Hall–Kier alpha value is -3.19. The van der Waals surface area contributed by atoms with Crippen LogP contribution in [0.3, 0.4) is 0 Å². The largest absolute Gasteiger partial charge is 0.360 e. The van der Waals surface area contributed by atoms with Gasteiger partial charge in [0.2, 0.25) is 11.8 Å². The molecule has 6 nitrogen and oxygen atoms in total. The van der Waals surface area contributed by atoms with Gasteiger partial charge in [-0.3, -0.25) is 9.59 Å². The van der Waals surface area contributed by atoms with E-state index in [9.17, 15) is 9.59 Å². The standard InChI is InChI=1S/C23H23N3O3S/c1-16-15-21(25-29-16)24-23(28)18-11-13-26(14-12-18)22(27)10-8-19-7-9-20(30-19)17-5-3-2-4-6-17/h2-10,15,18H,11-14H2,1H3,(H,24,25,28)/b10-8+. The number of carbonyl (C=O) groups is 2. The molecule has 4 rings (SSSR count). The molecule has 1 N–H and O–H groups in total. The molecule has 7 heteroatoms. The third kappa shape index (κ3) is 4.86. The van der Waals surface area contributed by atoms with E-state index < -0.39 is 0 Å². The minimum atomic E-state index is -0.124. The van der Waals surface area contributed by atoms with Crippen molar-refractivity contribution in [3.63, 3.8) is 0 Å². The van der Waals surface area contributed by atoms with Crippen LogP contribution in [0.1, 0.15) is 23.5 Å². The van der Waals surface area contributed by atoms with Crippen molar-refractivity contribution in [1.82, 2.24) is 10.1 Å². The Morgan fingerprint density at radius 2 is 1.93 bits per heavy atom. The summed E-state index contributed by atoms with van der Waals surface area (Å²) in [7, 11) is 0. The molecule has 0 spiro atoms. The zero-order valence-electron chi connectivity index (χ0n) is 16.7. The van der Waals surface area contributed by atoms with Gasteiger partial charge in [0.15, 0.2) is 5.82 Å². The number of benzene rings is 1. The molecule has 2 aromatic heterocycles. The molecule has 0 aliphatic carbocycles. The number of thiophene rings is 1. The van der Waals surface area contributed by atoms with E-state index in [-0.39, 0.29) is 17.7 Å². The number of carbonyl (C=O) groups excluding carboxylic acids is 2. The molecule has 1 saturated heterocycles. The van der Waals surface area contributed by atoms with E-state index in [0.29, 0.717) is 37.5 Å². The fraction of sp³-hybridized carbons (Fsp3) is 0.261. The zero-order valence-corrected chi connectivity index (χ0v) is 17.5. The van der Waals surface area contributed by atoms with Gasteiger partial charge in [-0.1, -0.05) is 35.5 Å². The topological polar surface area (TPSA) is 75.4 Å². The van der Waals surface area contributed by atoms with Crippen LogP contribution in [0.25, 0.3) is 16.5 Å². The summed E-state index contributed by atoms with van der Waals surface area (Å²) < 4.78 is 4.97. The quantitative estimate of drug-likeness (QED) is 0.611. The smallest absolute Gasteiger partial charge is 0.246 e. The molecule has 0 saturated carbocycles. The first kappa shape index (κ1) is 20.1. The maximum Gasteiger partial charge on any atom is 0.246 e. The Balaban J connectivity index is 1.28. The van der Waals surface area contributed by atoms with Crippen molar-refractivity contribution < 1.29 is 14.1 Å². The number of amides is 2. The van der Waals surface area contributed by atoms with E-state index in [2.05, 4.69) is 28.7 Å². The number of piperidine rings is 1.